The van der Waals surface area contributed by atoms with Gasteiger partial charge in [-0.2, -0.15) is 0 Å². The highest BCUT2D eigenvalue weighted by molar-refractivity contribution is 9.10. The van der Waals surface area contributed by atoms with Crippen molar-refractivity contribution in [1.29, 1.82) is 0 Å². The highest BCUT2D eigenvalue weighted by atomic mass is 79.9. The van der Waals surface area contributed by atoms with Crippen molar-refractivity contribution in [3.8, 4) is 5.75 Å². The number of benzene rings is 1. The Labute approximate surface area is 131 Å². The van der Waals surface area contributed by atoms with Crippen LogP contribution in [0, 0.1) is 17.8 Å². The number of hydrogen-bond donors (Lipinski definition) is 2. The first-order chi connectivity index (χ1) is 9.92. The van der Waals surface area contributed by atoms with Crippen LogP contribution in [0.1, 0.15) is 19.8 Å². The molecule has 3 atom stereocenters. The molecule has 5 nitrogen and oxygen atoms in total. The summed E-state index contributed by atoms with van der Waals surface area (Å²) in [6, 6.07) is 5.23. The van der Waals surface area contributed by atoms with Crippen molar-refractivity contribution < 1.29 is 19.4 Å². The molecule has 21 heavy (non-hydrogen) atoms. The van der Waals surface area contributed by atoms with Crippen LogP contribution in [-0.2, 0) is 9.59 Å². The molecule has 1 aliphatic carbocycles. The van der Waals surface area contributed by atoms with E-state index >= 15 is 0 Å². The van der Waals surface area contributed by atoms with Gasteiger partial charge in [0.2, 0.25) is 5.91 Å². The molecule has 2 N–H and O–H groups in total. The van der Waals surface area contributed by atoms with Crippen molar-refractivity contribution in [2.75, 3.05) is 12.4 Å². The van der Waals surface area contributed by atoms with Crippen molar-refractivity contribution in [2.45, 2.75) is 19.8 Å². The Kier molecular flexibility index (Phi) is 4.88. The minimum Gasteiger partial charge on any atom is -0.495 e. The number of carboxylic acid groups (broad SMARTS) is 1. The van der Waals surface area contributed by atoms with Crippen LogP contribution < -0.4 is 10.1 Å². The molecule has 1 aromatic rings. The van der Waals surface area contributed by atoms with Gasteiger partial charge in [0, 0.05) is 11.8 Å². The number of carbonyl (C=O) groups excluding carboxylic acids is 1. The third kappa shape index (κ3) is 3.56. The third-order valence-corrected chi connectivity index (χ3v) is 4.53. The van der Waals surface area contributed by atoms with Crippen molar-refractivity contribution in [2.24, 2.45) is 17.8 Å². The van der Waals surface area contributed by atoms with Crippen LogP contribution in [0.2, 0.25) is 0 Å². The minimum atomic E-state index is -0.895. The van der Waals surface area contributed by atoms with E-state index in [4.69, 9.17) is 4.74 Å². The van der Waals surface area contributed by atoms with Crippen molar-refractivity contribution in [1.82, 2.24) is 0 Å². The number of carboxylic acids is 1. The molecule has 1 saturated carbocycles. The van der Waals surface area contributed by atoms with Crippen LogP contribution in [0.5, 0.6) is 5.75 Å². The number of aliphatic carboxylic acids is 1. The van der Waals surface area contributed by atoms with Crippen molar-refractivity contribution in [3.05, 3.63) is 22.7 Å². The van der Waals surface area contributed by atoms with E-state index in [1.54, 1.807) is 25.3 Å². The Morgan fingerprint density at radius 1 is 1.33 bits per heavy atom. The number of amides is 1. The second-order valence-corrected chi connectivity index (χ2v) is 6.32. The topological polar surface area (TPSA) is 75.6 Å². The van der Waals surface area contributed by atoms with Crippen LogP contribution in [-0.4, -0.2) is 24.1 Å². The Balaban J connectivity index is 2.12. The lowest BCUT2D eigenvalue weighted by Gasteiger charge is -2.16. The number of hydrogen-bond acceptors (Lipinski definition) is 3. The van der Waals surface area contributed by atoms with E-state index in [-0.39, 0.29) is 11.8 Å². The number of carbonyl (C=O) groups is 2. The first kappa shape index (κ1) is 15.8. The number of anilines is 1. The SMILES string of the molecule is COc1cc(NC(=O)[C@H]2CC(C)C[C@H]2C(=O)O)ccc1Br. The molecule has 0 aliphatic heterocycles. The lowest BCUT2D eigenvalue weighted by Crippen LogP contribution is -2.29. The van der Waals surface area contributed by atoms with Gasteiger partial charge in [-0.1, -0.05) is 6.92 Å². The quantitative estimate of drug-likeness (QED) is 0.869. The van der Waals surface area contributed by atoms with E-state index in [1.165, 1.54) is 0 Å². The van der Waals surface area contributed by atoms with Gasteiger partial charge in [-0.3, -0.25) is 9.59 Å². The predicted octanol–water partition coefficient (Wildman–Crippen LogP) is 3.14. The third-order valence-electron chi connectivity index (χ3n) is 3.87. The maximum Gasteiger partial charge on any atom is 0.307 e. The summed E-state index contributed by atoms with van der Waals surface area (Å²) in [5.41, 5.74) is 0.601. The van der Waals surface area contributed by atoms with Gasteiger partial charge in [0.25, 0.3) is 0 Å². The normalized spacial score (nSPS) is 24.6. The van der Waals surface area contributed by atoms with E-state index in [9.17, 15) is 14.7 Å². The monoisotopic (exact) mass is 355 g/mol. The van der Waals surface area contributed by atoms with Crippen LogP contribution in [0.25, 0.3) is 0 Å². The molecule has 114 valence electrons. The molecule has 1 aliphatic rings. The summed E-state index contributed by atoms with van der Waals surface area (Å²) in [6.07, 6.45) is 1.16. The van der Waals surface area contributed by atoms with Gasteiger partial charge >= 0.3 is 5.97 Å². The first-order valence-electron chi connectivity index (χ1n) is 6.79. The second-order valence-electron chi connectivity index (χ2n) is 5.47. The molecule has 0 radical (unpaired) electrons. The number of halogens is 1. The van der Waals surface area contributed by atoms with Gasteiger partial charge < -0.3 is 15.2 Å². The molecule has 1 unspecified atom stereocenters. The molecule has 0 bridgehead atoms. The van der Waals surface area contributed by atoms with E-state index in [0.29, 0.717) is 24.3 Å². The summed E-state index contributed by atoms with van der Waals surface area (Å²) >= 11 is 3.34. The van der Waals surface area contributed by atoms with Gasteiger partial charge in [-0.05, 0) is 46.8 Å². The average Bonchev–Trinajstić information content (AvgIpc) is 2.83. The van der Waals surface area contributed by atoms with Gasteiger partial charge in [0.05, 0.1) is 23.4 Å². The summed E-state index contributed by atoms with van der Waals surface area (Å²) in [5, 5.41) is 12.0. The minimum absolute atomic E-state index is 0.240. The zero-order chi connectivity index (χ0) is 15.6. The number of rotatable bonds is 4. The zero-order valence-electron chi connectivity index (χ0n) is 11.9. The second kappa shape index (κ2) is 6.47. The molecule has 1 amide bonds. The van der Waals surface area contributed by atoms with Gasteiger partial charge in [0.15, 0.2) is 0 Å². The Morgan fingerprint density at radius 2 is 2.00 bits per heavy atom. The Morgan fingerprint density at radius 3 is 2.62 bits per heavy atom. The van der Waals surface area contributed by atoms with E-state index in [1.807, 2.05) is 6.92 Å². The summed E-state index contributed by atoms with van der Waals surface area (Å²) in [7, 11) is 1.55. The van der Waals surface area contributed by atoms with Gasteiger partial charge in [-0.25, -0.2) is 0 Å². The molecule has 1 aromatic carbocycles. The molecular weight excluding hydrogens is 338 g/mol. The van der Waals surface area contributed by atoms with Crippen LogP contribution >= 0.6 is 15.9 Å². The van der Waals surface area contributed by atoms with Gasteiger partial charge in [-0.15, -0.1) is 0 Å². The molecule has 1 fully saturated rings. The van der Waals surface area contributed by atoms with E-state index in [0.717, 1.165) is 4.47 Å². The molecular formula is C15H18BrNO4. The summed E-state index contributed by atoms with van der Waals surface area (Å²) in [4.78, 5) is 23.6. The molecule has 0 heterocycles. The first-order valence-corrected chi connectivity index (χ1v) is 7.59. The number of methoxy groups -OCH3 is 1. The maximum absolute atomic E-state index is 12.3. The molecule has 0 saturated heterocycles. The lowest BCUT2D eigenvalue weighted by atomic mass is 9.95. The molecule has 2 rings (SSSR count). The largest absolute Gasteiger partial charge is 0.495 e. The van der Waals surface area contributed by atoms with E-state index < -0.39 is 17.8 Å². The molecule has 6 heteroatoms. The van der Waals surface area contributed by atoms with E-state index in [2.05, 4.69) is 21.2 Å². The maximum atomic E-state index is 12.3. The lowest BCUT2D eigenvalue weighted by molar-refractivity contribution is -0.145. The zero-order valence-corrected chi connectivity index (χ0v) is 13.5. The highest BCUT2D eigenvalue weighted by Crippen LogP contribution is 2.37. The van der Waals surface area contributed by atoms with Crippen molar-refractivity contribution in [3.63, 3.8) is 0 Å². The summed E-state index contributed by atoms with van der Waals surface area (Å²) < 4.78 is 5.97. The average molecular weight is 356 g/mol. The Bertz CT molecular complexity index is 561. The standard InChI is InChI=1S/C15H18BrNO4/c1-8-5-10(11(6-8)15(19)20)14(18)17-9-3-4-12(16)13(7-9)21-2/h3-4,7-8,10-11H,5-6H2,1-2H3,(H,17,18)(H,19,20)/t8?,10-,11+/m0/s1. The van der Waals surface area contributed by atoms with Crippen LogP contribution in [0.15, 0.2) is 22.7 Å². The smallest absolute Gasteiger partial charge is 0.307 e. The van der Waals surface area contributed by atoms with Crippen molar-refractivity contribution >= 4 is 33.5 Å². The number of nitrogens with one attached hydrogen (secondary N) is 1. The summed E-state index contributed by atoms with van der Waals surface area (Å²) in [5.74, 6) is -1.35. The molecule has 0 spiro atoms. The van der Waals surface area contributed by atoms with Crippen LogP contribution in [0.3, 0.4) is 0 Å². The molecule has 0 aromatic heterocycles. The van der Waals surface area contributed by atoms with Gasteiger partial charge in [0.1, 0.15) is 5.75 Å². The fourth-order valence-electron chi connectivity index (χ4n) is 2.83. The summed E-state index contributed by atoms with van der Waals surface area (Å²) in [6.45, 7) is 1.98. The predicted molar refractivity (Wildman–Crippen MR) is 82.3 cm³/mol. The van der Waals surface area contributed by atoms with Crippen LogP contribution in [0.4, 0.5) is 5.69 Å². The number of ether oxygens (including phenoxy) is 1. The highest BCUT2D eigenvalue weighted by Gasteiger charge is 2.41. The fraction of sp³-hybridized carbons (Fsp3) is 0.467. The fourth-order valence-corrected chi connectivity index (χ4v) is 3.24. The Hall–Kier alpha value is -1.56.